The Hall–Kier alpha value is -2.73. The Balaban J connectivity index is 2.08. The van der Waals surface area contributed by atoms with Crippen LogP contribution in [0.1, 0.15) is 18.1 Å². The van der Waals surface area contributed by atoms with Crippen LogP contribution < -0.4 is 20.1 Å². The number of anilines is 1. The molecule has 0 aliphatic carbocycles. The van der Waals surface area contributed by atoms with Crippen LogP contribution in [0.15, 0.2) is 47.5 Å². The van der Waals surface area contributed by atoms with E-state index in [1.54, 1.807) is 21.3 Å². The van der Waals surface area contributed by atoms with Crippen molar-refractivity contribution in [3.05, 3.63) is 53.6 Å². The van der Waals surface area contributed by atoms with Gasteiger partial charge in [-0.15, -0.1) is 0 Å². The van der Waals surface area contributed by atoms with E-state index in [0.29, 0.717) is 30.6 Å². The van der Waals surface area contributed by atoms with E-state index in [-0.39, 0.29) is 0 Å². The maximum absolute atomic E-state index is 5.34. The van der Waals surface area contributed by atoms with E-state index in [0.717, 1.165) is 23.4 Å². The van der Waals surface area contributed by atoms with E-state index in [9.17, 15) is 0 Å². The van der Waals surface area contributed by atoms with Crippen LogP contribution in [0.5, 0.6) is 11.5 Å². The number of nitrogens with one attached hydrogen (secondary N) is 2. The van der Waals surface area contributed by atoms with Crippen molar-refractivity contribution in [1.29, 1.82) is 0 Å². The van der Waals surface area contributed by atoms with Crippen LogP contribution in [0.3, 0.4) is 0 Å². The van der Waals surface area contributed by atoms with Crippen LogP contribution in [-0.4, -0.2) is 33.8 Å². The number of rotatable bonds is 8. The summed E-state index contributed by atoms with van der Waals surface area (Å²) in [5, 5.41) is 6.54. The van der Waals surface area contributed by atoms with Gasteiger partial charge in [0.05, 0.1) is 27.4 Å². The van der Waals surface area contributed by atoms with Crippen LogP contribution in [0.4, 0.5) is 5.69 Å². The van der Waals surface area contributed by atoms with Crippen LogP contribution in [0, 0.1) is 0 Å². The van der Waals surface area contributed by atoms with Crippen molar-refractivity contribution in [2.75, 3.05) is 33.2 Å². The van der Waals surface area contributed by atoms with Gasteiger partial charge in [-0.3, -0.25) is 0 Å². The fourth-order valence-electron chi connectivity index (χ4n) is 2.44. The van der Waals surface area contributed by atoms with Gasteiger partial charge in [0, 0.05) is 25.4 Å². The highest BCUT2D eigenvalue weighted by Gasteiger charge is 2.06. The number of guanidine groups is 1. The number of hydrogen-bond acceptors (Lipinski definition) is 4. The molecule has 0 bridgehead atoms. The average molecular weight is 357 g/mol. The summed E-state index contributed by atoms with van der Waals surface area (Å²) in [5.74, 6) is 2.07. The monoisotopic (exact) mass is 357 g/mol. The zero-order chi connectivity index (χ0) is 18.8. The van der Waals surface area contributed by atoms with Gasteiger partial charge in [0.15, 0.2) is 17.5 Å². The molecule has 2 N–H and O–H groups in total. The molecule has 0 radical (unpaired) electrons. The van der Waals surface area contributed by atoms with Crippen molar-refractivity contribution in [3.8, 4) is 11.5 Å². The van der Waals surface area contributed by atoms with Crippen LogP contribution >= 0.6 is 0 Å². The molecule has 0 heterocycles. The van der Waals surface area contributed by atoms with Crippen molar-refractivity contribution < 1.29 is 14.2 Å². The quantitative estimate of drug-likeness (QED) is 0.560. The van der Waals surface area contributed by atoms with Gasteiger partial charge in [-0.25, -0.2) is 4.99 Å². The molecular weight excluding hydrogens is 330 g/mol. The van der Waals surface area contributed by atoms with Gasteiger partial charge in [-0.1, -0.05) is 24.3 Å². The summed E-state index contributed by atoms with van der Waals surface area (Å²) < 4.78 is 15.7. The lowest BCUT2D eigenvalue weighted by molar-refractivity contribution is 0.185. The van der Waals surface area contributed by atoms with Gasteiger partial charge < -0.3 is 24.8 Å². The summed E-state index contributed by atoms with van der Waals surface area (Å²) in [7, 11) is 4.93. The molecule has 140 valence electrons. The summed E-state index contributed by atoms with van der Waals surface area (Å²) in [4.78, 5) is 4.64. The molecule has 0 aromatic heterocycles. The lowest BCUT2D eigenvalue weighted by atomic mass is 10.1. The van der Waals surface area contributed by atoms with Crippen molar-refractivity contribution in [2.45, 2.75) is 20.1 Å². The van der Waals surface area contributed by atoms with E-state index in [4.69, 9.17) is 14.2 Å². The zero-order valence-electron chi connectivity index (χ0n) is 15.8. The first kappa shape index (κ1) is 19.6. The fourth-order valence-corrected chi connectivity index (χ4v) is 2.44. The minimum Gasteiger partial charge on any atom is -0.493 e. The number of benzene rings is 2. The molecular formula is C20H27N3O3. The molecule has 0 amide bonds. The summed E-state index contributed by atoms with van der Waals surface area (Å²) in [6, 6.07) is 13.9. The van der Waals surface area contributed by atoms with Crippen molar-refractivity contribution in [1.82, 2.24) is 5.32 Å². The zero-order valence-corrected chi connectivity index (χ0v) is 15.8. The lowest BCUT2D eigenvalue weighted by Gasteiger charge is -2.14. The van der Waals surface area contributed by atoms with Gasteiger partial charge in [0.25, 0.3) is 0 Å². The largest absolute Gasteiger partial charge is 0.493 e. The number of hydrogen-bond donors (Lipinski definition) is 2. The third-order valence-corrected chi connectivity index (χ3v) is 3.74. The molecule has 0 atom stereocenters. The second-order valence-corrected chi connectivity index (χ2v) is 5.64. The van der Waals surface area contributed by atoms with Gasteiger partial charge in [-0.2, -0.15) is 0 Å². The lowest BCUT2D eigenvalue weighted by Crippen LogP contribution is -2.30. The summed E-state index contributed by atoms with van der Waals surface area (Å²) >= 11 is 0. The first-order valence-corrected chi connectivity index (χ1v) is 8.54. The second-order valence-electron chi connectivity index (χ2n) is 5.64. The first-order valence-electron chi connectivity index (χ1n) is 8.54. The van der Waals surface area contributed by atoms with E-state index < -0.39 is 0 Å². The maximum Gasteiger partial charge on any atom is 0.196 e. The van der Waals surface area contributed by atoms with E-state index in [2.05, 4.69) is 39.9 Å². The van der Waals surface area contributed by atoms with Crippen LogP contribution in [0.2, 0.25) is 0 Å². The number of aliphatic imine (C=N–C) groups is 1. The Labute approximate surface area is 155 Å². The molecule has 0 unspecified atom stereocenters. The third-order valence-electron chi connectivity index (χ3n) is 3.74. The Morgan fingerprint density at radius 1 is 0.923 bits per heavy atom. The number of nitrogens with zero attached hydrogens (tertiary/aromatic N) is 1. The topological polar surface area (TPSA) is 64.1 Å². The van der Waals surface area contributed by atoms with Gasteiger partial charge in [-0.05, 0) is 30.2 Å². The van der Waals surface area contributed by atoms with E-state index in [1.807, 2.05) is 25.1 Å². The maximum atomic E-state index is 5.34. The fraction of sp³-hybridized carbons (Fsp3) is 0.350. The predicted molar refractivity (Wildman–Crippen MR) is 105 cm³/mol. The normalized spacial score (nSPS) is 11.2. The highest BCUT2D eigenvalue weighted by Crippen LogP contribution is 2.29. The molecule has 2 aromatic rings. The van der Waals surface area contributed by atoms with E-state index >= 15 is 0 Å². The highest BCUT2D eigenvalue weighted by molar-refractivity contribution is 5.93. The van der Waals surface area contributed by atoms with Crippen molar-refractivity contribution in [2.24, 2.45) is 4.99 Å². The summed E-state index contributed by atoms with van der Waals surface area (Å²) in [6.07, 6.45) is 0. The van der Waals surface area contributed by atoms with Gasteiger partial charge in [0.1, 0.15) is 0 Å². The Morgan fingerprint density at radius 3 is 2.23 bits per heavy atom. The van der Waals surface area contributed by atoms with Crippen LogP contribution in [-0.2, 0) is 17.9 Å². The average Bonchev–Trinajstić information content (AvgIpc) is 2.67. The first-order chi connectivity index (χ1) is 12.7. The molecule has 0 aliphatic rings. The van der Waals surface area contributed by atoms with Gasteiger partial charge >= 0.3 is 0 Å². The minimum atomic E-state index is 0.579. The predicted octanol–water partition coefficient (Wildman–Crippen LogP) is 3.43. The molecule has 0 aliphatic heterocycles. The molecule has 6 heteroatoms. The Bertz CT molecular complexity index is 715. The standard InChI is InChI=1S/C20H27N3O3/c1-5-21-20(22-13-15-6-8-16(9-7-15)14-24-2)23-17-10-11-18(25-3)19(12-17)26-4/h6-12H,5,13-14H2,1-4H3,(H2,21,22,23). The summed E-state index contributed by atoms with van der Waals surface area (Å²) in [6.45, 7) is 4.00. The Morgan fingerprint density at radius 2 is 1.62 bits per heavy atom. The molecule has 0 spiro atoms. The molecule has 0 fully saturated rings. The van der Waals surface area contributed by atoms with Crippen molar-refractivity contribution in [3.63, 3.8) is 0 Å². The molecule has 2 aromatic carbocycles. The Kier molecular flexibility index (Phi) is 7.76. The molecule has 0 saturated carbocycles. The smallest absolute Gasteiger partial charge is 0.196 e. The van der Waals surface area contributed by atoms with Crippen LogP contribution in [0.25, 0.3) is 0 Å². The molecule has 26 heavy (non-hydrogen) atoms. The third kappa shape index (κ3) is 5.67. The van der Waals surface area contributed by atoms with E-state index in [1.165, 1.54) is 0 Å². The minimum absolute atomic E-state index is 0.579. The number of ether oxygens (including phenoxy) is 3. The van der Waals surface area contributed by atoms with Crippen molar-refractivity contribution >= 4 is 11.6 Å². The molecule has 6 nitrogen and oxygen atoms in total. The number of methoxy groups -OCH3 is 3. The SMILES string of the molecule is CCNC(=NCc1ccc(COC)cc1)Nc1ccc(OC)c(OC)c1. The van der Waals surface area contributed by atoms with Gasteiger partial charge in [0.2, 0.25) is 0 Å². The summed E-state index contributed by atoms with van der Waals surface area (Å²) in [5.41, 5.74) is 3.16. The molecule has 0 saturated heterocycles. The highest BCUT2D eigenvalue weighted by atomic mass is 16.5. The molecule has 2 rings (SSSR count). The second kappa shape index (κ2) is 10.3.